The van der Waals surface area contributed by atoms with Gasteiger partial charge in [-0.3, -0.25) is 9.59 Å². The van der Waals surface area contributed by atoms with Gasteiger partial charge in [0.2, 0.25) is 5.43 Å². The van der Waals surface area contributed by atoms with Crippen molar-refractivity contribution in [2.24, 2.45) is 0 Å². The van der Waals surface area contributed by atoms with Crippen LogP contribution in [0.25, 0.3) is 5.69 Å². The number of carbonyl (C=O) groups excluding carboxylic acids is 1. The summed E-state index contributed by atoms with van der Waals surface area (Å²) in [5, 5.41) is 7.29. The van der Waals surface area contributed by atoms with E-state index in [-0.39, 0.29) is 11.1 Å². The molecule has 27 heavy (non-hydrogen) atoms. The van der Waals surface area contributed by atoms with Gasteiger partial charge in [-0.1, -0.05) is 36.4 Å². The highest BCUT2D eigenvalue weighted by atomic mass is 16.2. The first-order valence-electron chi connectivity index (χ1n) is 9.12. The minimum absolute atomic E-state index is 0.102. The predicted octanol–water partition coefficient (Wildman–Crippen LogP) is 3.98. The van der Waals surface area contributed by atoms with Crippen LogP contribution in [0.1, 0.15) is 46.1 Å². The quantitative estimate of drug-likeness (QED) is 0.766. The molecule has 1 amide bonds. The smallest absolute Gasteiger partial charge is 0.280 e. The highest BCUT2D eigenvalue weighted by Crippen LogP contribution is 2.44. The summed E-state index contributed by atoms with van der Waals surface area (Å²) in [5.41, 5.74) is 3.93. The van der Waals surface area contributed by atoms with Crippen LogP contribution in [0, 0.1) is 13.8 Å². The Morgan fingerprint density at radius 3 is 2.52 bits per heavy atom. The number of nitrogens with zero attached hydrogens (tertiary/aromatic N) is 2. The molecule has 1 aromatic heterocycles. The topological polar surface area (TPSA) is 64.0 Å². The van der Waals surface area contributed by atoms with Crippen molar-refractivity contribution in [3.63, 3.8) is 0 Å². The number of amides is 1. The van der Waals surface area contributed by atoms with Crippen LogP contribution < -0.4 is 10.7 Å². The molecule has 0 atom stereocenters. The number of carbonyl (C=O) groups is 1. The third kappa shape index (κ3) is 3.40. The number of hydrogen-bond donors (Lipinski definition) is 1. The zero-order valence-corrected chi connectivity index (χ0v) is 15.4. The Morgan fingerprint density at radius 2 is 1.81 bits per heavy atom. The second-order valence-corrected chi connectivity index (χ2v) is 7.01. The van der Waals surface area contributed by atoms with Gasteiger partial charge < -0.3 is 5.32 Å². The van der Waals surface area contributed by atoms with Gasteiger partial charge in [-0.25, -0.2) is 4.68 Å². The lowest BCUT2D eigenvalue weighted by molar-refractivity contribution is 0.101. The van der Waals surface area contributed by atoms with Gasteiger partial charge in [0.1, 0.15) is 0 Å². The van der Waals surface area contributed by atoms with Gasteiger partial charge in [-0.2, -0.15) is 5.10 Å². The van der Waals surface area contributed by atoms with E-state index in [9.17, 15) is 9.59 Å². The normalized spacial score (nSPS) is 13.4. The first kappa shape index (κ1) is 17.2. The van der Waals surface area contributed by atoms with E-state index in [1.807, 2.05) is 55.5 Å². The average Bonchev–Trinajstić information content (AvgIpc) is 3.49. The lowest BCUT2D eigenvalue weighted by Crippen LogP contribution is -2.27. The fraction of sp³-hybridized carbons (Fsp3) is 0.227. The summed E-state index contributed by atoms with van der Waals surface area (Å²) in [5.74, 6) is 0.0213. The SMILES string of the molecule is Cc1cccc(C2CC2)c1NC(=O)c1nn(-c2ccccc2)c(C)cc1=O. The minimum atomic E-state index is -0.471. The van der Waals surface area contributed by atoms with Crippen LogP contribution in [0.3, 0.4) is 0 Å². The van der Waals surface area contributed by atoms with E-state index in [0.29, 0.717) is 11.6 Å². The third-order valence-electron chi connectivity index (χ3n) is 4.88. The van der Waals surface area contributed by atoms with Crippen LogP contribution >= 0.6 is 0 Å². The summed E-state index contributed by atoms with van der Waals surface area (Å²) in [6.07, 6.45) is 2.27. The van der Waals surface area contributed by atoms with E-state index < -0.39 is 5.91 Å². The van der Waals surface area contributed by atoms with Crippen molar-refractivity contribution in [2.45, 2.75) is 32.6 Å². The van der Waals surface area contributed by atoms with Crippen LogP contribution in [0.15, 0.2) is 59.4 Å². The molecule has 136 valence electrons. The highest BCUT2D eigenvalue weighted by molar-refractivity contribution is 6.03. The van der Waals surface area contributed by atoms with Gasteiger partial charge >= 0.3 is 0 Å². The third-order valence-corrected chi connectivity index (χ3v) is 4.88. The Balaban J connectivity index is 1.72. The van der Waals surface area contributed by atoms with Crippen molar-refractivity contribution in [3.05, 3.63) is 87.3 Å². The average molecular weight is 359 g/mol. The Labute approximate surface area is 157 Å². The summed E-state index contributed by atoms with van der Waals surface area (Å²) in [7, 11) is 0. The second-order valence-electron chi connectivity index (χ2n) is 7.01. The van der Waals surface area contributed by atoms with Gasteiger partial charge in [0.25, 0.3) is 5.91 Å². The van der Waals surface area contributed by atoms with Crippen LogP contribution in [-0.4, -0.2) is 15.7 Å². The number of para-hydroxylation sites is 2. The largest absolute Gasteiger partial charge is 0.320 e. The first-order chi connectivity index (χ1) is 13.0. The summed E-state index contributed by atoms with van der Waals surface area (Å²) >= 11 is 0. The molecule has 0 bridgehead atoms. The van der Waals surface area contributed by atoms with Gasteiger partial charge in [0, 0.05) is 17.4 Å². The molecule has 1 aliphatic rings. The zero-order chi connectivity index (χ0) is 19.0. The molecule has 1 heterocycles. The van der Waals surface area contributed by atoms with Crippen molar-refractivity contribution < 1.29 is 4.79 Å². The van der Waals surface area contributed by atoms with Crippen molar-refractivity contribution in [3.8, 4) is 5.69 Å². The molecule has 2 aromatic carbocycles. The second kappa shape index (κ2) is 6.83. The van der Waals surface area contributed by atoms with Crippen LogP contribution in [-0.2, 0) is 0 Å². The molecule has 0 unspecified atom stereocenters. The van der Waals surface area contributed by atoms with Crippen LogP contribution in [0.2, 0.25) is 0 Å². The maximum Gasteiger partial charge on any atom is 0.280 e. The maximum absolute atomic E-state index is 12.9. The Kier molecular flexibility index (Phi) is 4.36. The molecule has 5 nitrogen and oxygen atoms in total. The number of anilines is 1. The van der Waals surface area contributed by atoms with E-state index in [2.05, 4.69) is 10.4 Å². The fourth-order valence-electron chi connectivity index (χ4n) is 3.30. The monoisotopic (exact) mass is 359 g/mol. The molecule has 1 fully saturated rings. The van der Waals surface area contributed by atoms with E-state index in [1.165, 1.54) is 6.07 Å². The Morgan fingerprint density at radius 1 is 1.07 bits per heavy atom. The molecule has 0 aliphatic heterocycles. The summed E-state index contributed by atoms with van der Waals surface area (Å²) in [6.45, 7) is 3.77. The Hall–Kier alpha value is -3.21. The summed E-state index contributed by atoms with van der Waals surface area (Å²) in [6, 6.07) is 16.9. The fourth-order valence-corrected chi connectivity index (χ4v) is 3.30. The highest BCUT2D eigenvalue weighted by Gasteiger charge is 2.27. The first-order valence-corrected chi connectivity index (χ1v) is 9.12. The number of rotatable bonds is 4. The summed E-state index contributed by atoms with van der Waals surface area (Å²) in [4.78, 5) is 25.3. The maximum atomic E-state index is 12.9. The molecule has 0 spiro atoms. The molecule has 0 radical (unpaired) electrons. The number of hydrogen-bond acceptors (Lipinski definition) is 3. The standard InChI is InChI=1S/C22H21N3O2/c1-14-7-6-10-18(16-11-12-16)20(14)23-22(27)21-19(26)13-15(2)25(24-21)17-8-4-3-5-9-17/h3-10,13,16H,11-12H2,1-2H3,(H,23,27). The van der Waals surface area contributed by atoms with Gasteiger partial charge in [0.05, 0.1) is 5.69 Å². The van der Waals surface area contributed by atoms with Crippen molar-refractivity contribution >= 4 is 11.6 Å². The molecule has 4 rings (SSSR count). The van der Waals surface area contributed by atoms with E-state index in [0.717, 1.165) is 35.3 Å². The number of nitrogens with one attached hydrogen (secondary N) is 1. The minimum Gasteiger partial charge on any atom is -0.320 e. The molecule has 3 aromatic rings. The van der Waals surface area contributed by atoms with E-state index in [1.54, 1.807) is 11.6 Å². The summed E-state index contributed by atoms with van der Waals surface area (Å²) < 4.78 is 1.62. The molecule has 5 heteroatoms. The van der Waals surface area contributed by atoms with Crippen LogP contribution in [0.5, 0.6) is 0 Å². The Bertz CT molecular complexity index is 1070. The lowest BCUT2D eigenvalue weighted by atomic mass is 10.0. The molecular formula is C22H21N3O2. The van der Waals surface area contributed by atoms with Crippen molar-refractivity contribution in [1.29, 1.82) is 0 Å². The molecule has 0 saturated heterocycles. The van der Waals surface area contributed by atoms with Gasteiger partial charge in [-0.15, -0.1) is 0 Å². The number of benzene rings is 2. The van der Waals surface area contributed by atoms with Crippen molar-refractivity contribution in [2.75, 3.05) is 5.32 Å². The van der Waals surface area contributed by atoms with Crippen molar-refractivity contribution in [1.82, 2.24) is 9.78 Å². The zero-order valence-electron chi connectivity index (χ0n) is 15.4. The molecule has 1 saturated carbocycles. The van der Waals surface area contributed by atoms with Gasteiger partial charge in [-0.05, 0) is 55.9 Å². The van der Waals surface area contributed by atoms with E-state index in [4.69, 9.17) is 0 Å². The molecule has 1 aliphatic carbocycles. The molecular weight excluding hydrogens is 338 g/mol. The van der Waals surface area contributed by atoms with Gasteiger partial charge in [0.15, 0.2) is 5.69 Å². The van der Waals surface area contributed by atoms with E-state index >= 15 is 0 Å². The number of aromatic nitrogens is 2. The van der Waals surface area contributed by atoms with Crippen LogP contribution in [0.4, 0.5) is 5.69 Å². The molecule has 1 N–H and O–H groups in total. The lowest BCUT2D eigenvalue weighted by Gasteiger charge is -2.14. The predicted molar refractivity (Wildman–Crippen MR) is 106 cm³/mol. The number of aryl methyl sites for hydroxylation is 2.